The first-order valence-electron chi connectivity index (χ1n) is 12.6. The van der Waals surface area contributed by atoms with Gasteiger partial charge in [-0.2, -0.15) is 0 Å². The number of H-pyrrole nitrogens is 1. The Balaban J connectivity index is 1.12. The van der Waals surface area contributed by atoms with Crippen molar-refractivity contribution >= 4 is 50.5 Å². The molecule has 0 atom stereocenters. The Morgan fingerprint density at radius 2 is 1.66 bits per heavy atom. The van der Waals surface area contributed by atoms with Crippen LogP contribution < -0.4 is 15.5 Å². The maximum absolute atomic E-state index is 4.73. The molecule has 5 aromatic heterocycles. The molecule has 1 aliphatic heterocycles. The predicted octanol–water partition coefficient (Wildman–Crippen LogP) is 5.97. The summed E-state index contributed by atoms with van der Waals surface area (Å²) >= 11 is 0. The van der Waals surface area contributed by atoms with Gasteiger partial charge in [-0.1, -0.05) is 0 Å². The molecule has 0 spiro atoms. The molecule has 0 bridgehead atoms. The minimum atomic E-state index is 0.671. The van der Waals surface area contributed by atoms with E-state index in [9.17, 15) is 0 Å². The van der Waals surface area contributed by atoms with E-state index < -0.39 is 0 Å². The first-order chi connectivity index (χ1) is 18.7. The smallest absolute Gasteiger partial charge is 0.158 e. The average Bonchev–Trinajstić information content (AvgIpc) is 3.32. The third kappa shape index (κ3) is 4.24. The molecule has 38 heavy (non-hydrogen) atoms. The summed E-state index contributed by atoms with van der Waals surface area (Å²) in [6.07, 6.45) is 8.46. The molecule has 9 heteroatoms. The molecule has 0 aliphatic carbocycles. The zero-order chi connectivity index (χ0) is 25.5. The Hall–Kier alpha value is -5.05. The van der Waals surface area contributed by atoms with E-state index in [-0.39, 0.29) is 0 Å². The molecule has 1 aliphatic rings. The van der Waals surface area contributed by atoms with Gasteiger partial charge in [0.2, 0.25) is 0 Å². The standard InChI is InChI=1S/C29H25N9/c1-18-13-19(7-9-30-18)34-21-14-27-28(33-17-21)37-29(36-27)26-5-3-20(16-32-26)35-25-8-10-31-24-6-4-22(15-23(24)25)38-11-2-12-38/h3-10,13-17H,2,11-12H2,1H3,(H,30,34)(H,31,35)(H,33,36,37). The number of hydrogen-bond donors (Lipinski definition) is 3. The topological polar surface area (TPSA) is 108 Å². The van der Waals surface area contributed by atoms with Gasteiger partial charge < -0.3 is 20.5 Å². The fourth-order valence-corrected chi connectivity index (χ4v) is 4.65. The molecule has 1 saturated heterocycles. The number of aromatic amines is 1. The Morgan fingerprint density at radius 1 is 0.763 bits per heavy atom. The summed E-state index contributed by atoms with van der Waals surface area (Å²) < 4.78 is 0. The van der Waals surface area contributed by atoms with Gasteiger partial charge in [0.15, 0.2) is 11.5 Å². The summed E-state index contributed by atoms with van der Waals surface area (Å²) in [5, 5.41) is 7.96. The maximum atomic E-state index is 4.73. The second-order valence-corrected chi connectivity index (χ2v) is 9.45. The monoisotopic (exact) mass is 499 g/mol. The van der Waals surface area contributed by atoms with Crippen LogP contribution in [0.25, 0.3) is 33.6 Å². The summed E-state index contributed by atoms with van der Waals surface area (Å²) in [4.78, 5) is 28.4. The molecule has 0 unspecified atom stereocenters. The molecule has 9 nitrogen and oxygen atoms in total. The molecule has 1 fully saturated rings. The quantitative estimate of drug-likeness (QED) is 0.257. The Morgan fingerprint density at radius 3 is 2.47 bits per heavy atom. The second-order valence-electron chi connectivity index (χ2n) is 9.45. The molecule has 0 radical (unpaired) electrons. The molecule has 6 aromatic rings. The minimum Gasteiger partial charge on any atom is -0.371 e. The van der Waals surface area contributed by atoms with Crippen molar-refractivity contribution in [1.82, 2.24) is 29.9 Å². The van der Waals surface area contributed by atoms with Crippen molar-refractivity contribution in [2.45, 2.75) is 13.3 Å². The lowest BCUT2D eigenvalue weighted by Crippen LogP contribution is -2.36. The van der Waals surface area contributed by atoms with Crippen molar-refractivity contribution in [3.05, 3.63) is 85.1 Å². The van der Waals surface area contributed by atoms with Crippen LogP contribution in [0.3, 0.4) is 0 Å². The number of imidazole rings is 1. The van der Waals surface area contributed by atoms with Crippen LogP contribution in [0, 0.1) is 6.92 Å². The van der Waals surface area contributed by atoms with E-state index in [1.54, 1.807) is 12.4 Å². The summed E-state index contributed by atoms with van der Waals surface area (Å²) in [5.74, 6) is 0.671. The van der Waals surface area contributed by atoms with Crippen LogP contribution in [0.5, 0.6) is 0 Å². The van der Waals surface area contributed by atoms with Gasteiger partial charge in [-0.25, -0.2) is 9.97 Å². The molecule has 6 heterocycles. The number of aryl methyl sites for hydroxylation is 1. The van der Waals surface area contributed by atoms with Crippen LogP contribution >= 0.6 is 0 Å². The number of benzene rings is 1. The fourth-order valence-electron chi connectivity index (χ4n) is 4.65. The lowest BCUT2D eigenvalue weighted by molar-refractivity contribution is 0.618. The Kier molecular flexibility index (Phi) is 5.32. The summed E-state index contributed by atoms with van der Waals surface area (Å²) in [7, 11) is 0. The summed E-state index contributed by atoms with van der Waals surface area (Å²) in [5.41, 5.74) is 9.08. The first-order valence-corrected chi connectivity index (χ1v) is 12.6. The van der Waals surface area contributed by atoms with E-state index in [1.807, 2.05) is 55.7 Å². The van der Waals surface area contributed by atoms with Gasteiger partial charge in [-0.15, -0.1) is 0 Å². The van der Waals surface area contributed by atoms with Crippen molar-refractivity contribution in [2.24, 2.45) is 0 Å². The van der Waals surface area contributed by atoms with Crippen LogP contribution in [0.4, 0.5) is 28.4 Å². The summed E-state index contributed by atoms with van der Waals surface area (Å²) in [6, 6.07) is 18.3. The van der Waals surface area contributed by atoms with E-state index in [0.717, 1.165) is 63.6 Å². The van der Waals surface area contributed by atoms with Gasteiger partial charge in [0, 0.05) is 53.6 Å². The average molecular weight is 500 g/mol. The van der Waals surface area contributed by atoms with Crippen molar-refractivity contribution in [3.63, 3.8) is 0 Å². The lowest BCUT2D eigenvalue weighted by Gasteiger charge is -2.33. The van der Waals surface area contributed by atoms with Crippen LogP contribution in [0.1, 0.15) is 12.1 Å². The maximum Gasteiger partial charge on any atom is 0.158 e. The number of nitrogens with one attached hydrogen (secondary N) is 3. The molecule has 186 valence electrons. The number of fused-ring (bicyclic) bond motifs is 2. The number of pyridine rings is 4. The molecular formula is C29H25N9. The fraction of sp³-hybridized carbons (Fsp3) is 0.138. The van der Waals surface area contributed by atoms with Crippen molar-refractivity contribution in [3.8, 4) is 11.5 Å². The van der Waals surface area contributed by atoms with Gasteiger partial charge in [-0.3, -0.25) is 15.0 Å². The highest BCUT2D eigenvalue weighted by molar-refractivity contribution is 5.95. The minimum absolute atomic E-state index is 0.671. The number of anilines is 5. The highest BCUT2D eigenvalue weighted by Gasteiger charge is 2.15. The predicted molar refractivity (Wildman–Crippen MR) is 151 cm³/mol. The third-order valence-electron chi connectivity index (χ3n) is 6.75. The highest BCUT2D eigenvalue weighted by Crippen LogP contribution is 2.31. The number of hydrogen-bond acceptors (Lipinski definition) is 8. The van der Waals surface area contributed by atoms with E-state index in [4.69, 9.17) is 4.98 Å². The van der Waals surface area contributed by atoms with Gasteiger partial charge in [0.1, 0.15) is 11.2 Å². The first kappa shape index (κ1) is 22.2. The van der Waals surface area contributed by atoms with Crippen LogP contribution in [-0.4, -0.2) is 43.0 Å². The number of aromatic nitrogens is 6. The SMILES string of the molecule is Cc1cc(Nc2cnc3[nH]c(-c4ccc(Nc5ccnc6ccc(N7CCC7)cc56)cn4)nc3c2)ccn1. The van der Waals surface area contributed by atoms with Crippen molar-refractivity contribution in [2.75, 3.05) is 28.6 Å². The summed E-state index contributed by atoms with van der Waals surface area (Å²) in [6.45, 7) is 4.18. The van der Waals surface area contributed by atoms with Gasteiger partial charge in [-0.05, 0) is 67.9 Å². The Labute approximate surface area is 219 Å². The van der Waals surface area contributed by atoms with Crippen LogP contribution in [-0.2, 0) is 0 Å². The zero-order valence-corrected chi connectivity index (χ0v) is 20.8. The van der Waals surface area contributed by atoms with Gasteiger partial charge in [0.05, 0.1) is 29.3 Å². The van der Waals surface area contributed by atoms with Crippen molar-refractivity contribution in [1.29, 1.82) is 0 Å². The highest BCUT2D eigenvalue weighted by atomic mass is 15.2. The van der Waals surface area contributed by atoms with Crippen molar-refractivity contribution < 1.29 is 0 Å². The molecule has 0 amide bonds. The molecule has 7 rings (SSSR count). The molecular weight excluding hydrogens is 474 g/mol. The van der Waals surface area contributed by atoms with Gasteiger partial charge in [0.25, 0.3) is 0 Å². The number of nitrogens with zero attached hydrogens (tertiary/aromatic N) is 6. The molecule has 0 saturated carbocycles. The normalized spacial score (nSPS) is 13.0. The largest absolute Gasteiger partial charge is 0.371 e. The lowest BCUT2D eigenvalue weighted by atomic mass is 10.1. The van der Waals surface area contributed by atoms with Crippen LogP contribution in [0.15, 0.2) is 79.4 Å². The van der Waals surface area contributed by atoms with E-state index in [1.165, 1.54) is 12.1 Å². The Bertz CT molecular complexity index is 1770. The third-order valence-corrected chi connectivity index (χ3v) is 6.75. The van der Waals surface area contributed by atoms with E-state index >= 15 is 0 Å². The van der Waals surface area contributed by atoms with E-state index in [2.05, 4.69) is 58.7 Å². The molecule has 3 N–H and O–H groups in total. The second kappa shape index (κ2) is 9.11. The van der Waals surface area contributed by atoms with Gasteiger partial charge >= 0.3 is 0 Å². The zero-order valence-electron chi connectivity index (χ0n) is 20.8. The number of rotatable bonds is 6. The van der Waals surface area contributed by atoms with E-state index in [0.29, 0.717) is 11.5 Å². The molecule has 1 aromatic carbocycles. The van der Waals surface area contributed by atoms with Crippen LogP contribution in [0.2, 0.25) is 0 Å².